The van der Waals surface area contributed by atoms with Crippen LogP contribution in [0.4, 0.5) is 11.6 Å². The van der Waals surface area contributed by atoms with E-state index in [2.05, 4.69) is 20.8 Å². The number of rotatable bonds is 7. The van der Waals surface area contributed by atoms with Crippen LogP contribution in [-0.2, 0) is 11.2 Å². The molecule has 2 aromatic rings. The van der Waals surface area contributed by atoms with Crippen molar-refractivity contribution in [1.82, 2.24) is 10.2 Å². The van der Waals surface area contributed by atoms with Crippen LogP contribution in [0.2, 0.25) is 0 Å². The normalized spacial score (nSPS) is 14.8. The minimum absolute atomic E-state index is 0.161. The number of carbonyl (C=O) groups is 1. The quantitative estimate of drug-likeness (QED) is 0.706. The molecule has 28 heavy (non-hydrogen) atoms. The Kier molecular flexibility index (Phi) is 7.06. The molecule has 2 N–H and O–H groups in total. The number of methoxy groups -OCH3 is 2. The summed E-state index contributed by atoms with van der Waals surface area (Å²) in [6.45, 7) is 0. The van der Waals surface area contributed by atoms with Gasteiger partial charge in [-0.05, 0) is 42.7 Å². The summed E-state index contributed by atoms with van der Waals surface area (Å²) < 4.78 is 10.5. The fourth-order valence-corrected chi connectivity index (χ4v) is 3.47. The summed E-state index contributed by atoms with van der Waals surface area (Å²) in [6.07, 6.45) is 7.70. The number of benzene rings is 1. The Bertz CT molecular complexity index is 772. The van der Waals surface area contributed by atoms with E-state index in [0.717, 1.165) is 11.4 Å². The number of hydrogen-bond acceptors (Lipinski definition) is 6. The topological polar surface area (TPSA) is 85.4 Å². The molecule has 1 aliphatic rings. The van der Waals surface area contributed by atoms with Crippen LogP contribution in [0.25, 0.3) is 0 Å². The minimum atomic E-state index is -0.161. The van der Waals surface area contributed by atoms with Crippen molar-refractivity contribution >= 4 is 17.5 Å². The van der Waals surface area contributed by atoms with Crippen LogP contribution in [0.15, 0.2) is 30.3 Å². The van der Waals surface area contributed by atoms with Gasteiger partial charge in [0.25, 0.3) is 0 Å². The molecule has 1 aliphatic carbocycles. The van der Waals surface area contributed by atoms with Crippen molar-refractivity contribution in [3.8, 4) is 11.5 Å². The van der Waals surface area contributed by atoms with Crippen molar-refractivity contribution in [2.24, 2.45) is 0 Å². The smallest absolute Gasteiger partial charge is 0.229 e. The van der Waals surface area contributed by atoms with Gasteiger partial charge in [-0.1, -0.05) is 31.7 Å². The van der Waals surface area contributed by atoms with E-state index < -0.39 is 0 Å². The van der Waals surface area contributed by atoms with Gasteiger partial charge in [-0.15, -0.1) is 10.2 Å². The van der Waals surface area contributed by atoms with Gasteiger partial charge in [-0.2, -0.15) is 0 Å². The van der Waals surface area contributed by atoms with Gasteiger partial charge in [0.05, 0.1) is 20.6 Å². The lowest BCUT2D eigenvalue weighted by molar-refractivity contribution is -0.115. The molecular weight excluding hydrogens is 356 g/mol. The molecule has 0 bridgehead atoms. The molecule has 0 radical (unpaired) electrons. The zero-order chi connectivity index (χ0) is 19.8. The first-order valence-electron chi connectivity index (χ1n) is 9.79. The first-order chi connectivity index (χ1) is 13.7. The minimum Gasteiger partial charge on any atom is -0.493 e. The third kappa shape index (κ3) is 5.58. The fourth-order valence-electron chi connectivity index (χ4n) is 3.47. The second-order valence-corrected chi connectivity index (χ2v) is 7.05. The maximum absolute atomic E-state index is 12.3. The molecule has 0 spiro atoms. The van der Waals surface area contributed by atoms with E-state index in [1.807, 2.05) is 12.1 Å². The Morgan fingerprint density at radius 2 is 1.64 bits per heavy atom. The van der Waals surface area contributed by atoms with E-state index in [0.29, 0.717) is 23.4 Å². The van der Waals surface area contributed by atoms with E-state index in [1.54, 1.807) is 32.4 Å². The van der Waals surface area contributed by atoms with Gasteiger partial charge in [-0.3, -0.25) is 4.79 Å². The predicted molar refractivity (Wildman–Crippen MR) is 109 cm³/mol. The summed E-state index contributed by atoms with van der Waals surface area (Å²) >= 11 is 0. The molecule has 1 fully saturated rings. The summed E-state index contributed by atoms with van der Waals surface area (Å²) in [5.74, 6) is 2.27. The second kappa shape index (κ2) is 9.92. The highest BCUT2D eigenvalue weighted by Gasteiger charge is 2.13. The number of carbonyl (C=O) groups excluding carboxylic acids is 1. The summed E-state index contributed by atoms with van der Waals surface area (Å²) in [5.41, 5.74) is 0.828. The molecule has 150 valence electrons. The Labute approximate surface area is 165 Å². The van der Waals surface area contributed by atoms with Crippen molar-refractivity contribution in [3.05, 3.63) is 35.9 Å². The largest absolute Gasteiger partial charge is 0.493 e. The molecule has 7 nitrogen and oxygen atoms in total. The summed E-state index contributed by atoms with van der Waals surface area (Å²) in [4.78, 5) is 12.3. The highest BCUT2D eigenvalue weighted by atomic mass is 16.5. The number of nitrogens with zero attached hydrogens (tertiary/aromatic N) is 2. The number of anilines is 2. The maximum atomic E-state index is 12.3. The first kappa shape index (κ1) is 19.9. The van der Waals surface area contributed by atoms with Crippen LogP contribution in [0.5, 0.6) is 11.5 Å². The van der Waals surface area contributed by atoms with E-state index in [9.17, 15) is 4.79 Å². The van der Waals surface area contributed by atoms with Crippen LogP contribution in [-0.4, -0.2) is 36.4 Å². The van der Waals surface area contributed by atoms with Crippen LogP contribution < -0.4 is 20.1 Å². The average molecular weight is 384 g/mol. The fraction of sp³-hybridized carbons (Fsp3) is 0.476. The van der Waals surface area contributed by atoms with Crippen LogP contribution >= 0.6 is 0 Å². The molecule has 1 amide bonds. The lowest BCUT2D eigenvalue weighted by Gasteiger charge is -2.16. The SMILES string of the molecule is COc1ccc(CC(=O)Nc2ccc(NC3CCCCCC3)nn2)cc1OC. The van der Waals surface area contributed by atoms with Gasteiger partial charge in [0, 0.05) is 6.04 Å². The number of amides is 1. The lowest BCUT2D eigenvalue weighted by Crippen LogP contribution is -2.20. The summed E-state index contributed by atoms with van der Waals surface area (Å²) in [5, 5.41) is 14.6. The zero-order valence-corrected chi connectivity index (χ0v) is 16.5. The molecule has 1 aromatic heterocycles. The highest BCUT2D eigenvalue weighted by molar-refractivity contribution is 5.91. The molecule has 0 saturated heterocycles. The molecule has 0 atom stereocenters. The Balaban J connectivity index is 1.54. The van der Waals surface area contributed by atoms with Gasteiger partial charge in [0.2, 0.25) is 5.91 Å². The van der Waals surface area contributed by atoms with E-state index in [4.69, 9.17) is 9.47 Å². The van der Waals surface area contributed by atoms with Gasteiger partial charge in [-0.25, -0.2) is 0 Å². The Hall–Kier alpha value is -2.83. The predicted octanol–water partition coefficient (Wildman–Crippen LogP) is 3.81. The van der Waals surface area contributed by atoms with Crippen molar-refractivity contribution in [1.29, 1.82) is 0 Å². The first-order valence-corrected chi connectivity index (χ1v) is 9.79. The Morgan fingerprint density at radius 1 is 0.964 bits per heavy atom. The van der Waals surface area contributed by atoms with Gasteiger partial charge in [0.15, 0.2) is 17.3 Å². The molecule has 7 heteroatoms. The Morgan fingerprint density at radius 3 is 2.29 bits per heavy atom. The van der Waals surface area contributed by atoms with Gasteiger partial charge < -0.3 is 20.1 Å². The monoisotopic (exact) mass is 384 g/mol. The third-order valence-corrected chi connectivity index (χ3v) is 4.95. The van der Waals surface area contributed by atoms with Crippen LogP contribution in [0, 0.1) is 0 Å². The lowest BCUT2D eigenvalue weighted by atomic mass is 10.1. The second-order valence-electron chi connectivity index (χ2n) is 7.05. The van der Waals surface area contributed by atoms with Crippen molar-refractivity contribution in [2.45, 2.75) is 51.0 Å². The molecule has 3 rings (SSSR count). The summed E-state index contributed by atoms with van der Waals surface area (Å²) in [7, 11) is 3.15. The van der Waals surface area contributed by atoms with Crippen molar-refractivity contribution in [2.75, 3.05) is 24.9 Å². The number of hydrogen-bond donors (Lipinski definition) is 2. The third-order valence-electron chi connectivity index (χ3n) is 4.95. The summed E-state index contributed by atoms with van der Waals surface area (Å²) in [6, 6.07) is 9.52. The van der Waals surface area contributed by atoms with Gasteiger partial charge in [0.1, 0.15) is 5.82 Å². The molecule has 0 aliphatic heterocycles. The van der Waals surface area contributed by atoms with E-state index in [-0.39, 0.29) is 12.3 Å². The highest BCUT2D eigenvalue weighted by Crippen LogP contribution is 2.27. The molecule has 1 saturated carbocycles. The van der Waals surface area contributed by atoms with Crippen molar-refractivity contribution < 1.29 is 14.3 Å². The van der Waals surface area contributed by atoms with Gasteiger partial charge >= 0.3 is 0 Å². The molecule has 0 unspecified atom stereocenters. The zero-order valence-electron chi connectivity index (χ0n) is 16.5. The van der Waals surface area contributed by atoms with Crippen molar-refractivity contribution in [3.63, 3.8) is 0 Å². The van der Waals surface area contributed by atoms with Crippen LogP contribution in [0.1, 0.15) is 44.1 Å². The average Bonchev–Trinajstić information content (AvgIpc) is 2.98. The maximum Gasteiger partial charge on any atom is 0.229 e. The number of nitrogens with one attached hydrogen (secondary N) is 2. The molecular formula is C21H28N4O3. The standard InChI is InChI=1S/C21H28N4O3/c1-27-17-10-9-15(13-18(17)28-2)14-21(26)23-20-12-11-19(24-25-20)22-16-7-5-3-4-6-8-16/h9-13,16H,3-8,14H2,1-2H3,(H,22,24)(H,23,25,26). The number of ether oxygens (including phenoxy) is 2. The molecule has 1 heterocycles. The van der Waals surface area contributed by atoms with E-state index in [1.165, 1.54) is 38.5 Å². The number of aromatic nitrogens is 2. The van der Waals surface area contributed by atoms with Crippen LogP contribution in [0.3, 0.4) is 0 Å². The molecule has 1 aromatic carbocycles. The van der Waals surface area contributed by atoms with E-state index >= 15 is 0 Å².